The summed E-state index contributed by atoms with van der Waals surface area (Å²) in [6.07, 6.45) is 1.68. The third-order valence-corrected chi connectivity index (χ3v) is 1.59. The third-order valence-electron chi connectivity index (χ3n) is 1.59. The van der Waals surface area contributed by atoms with Gasteiger partial charge in [0.25, 0.3) is 6.01 Å². The third kappa shape index (κ3) is 3.79. The summed E-state index contributed by atoms with van der Waals surface area (Å²) in [4.78, 5) is 4.29. The maximum Gasteiger partial charge on any atom is 0.295 e. The van der Waals surface area contributed by atoms with Crippen molar-refractivity contribution in [2.75, 3.05) is 11.9 Å². The lowest BCUT2D eigenvalue weighted by atomic mass is 10.1. The minimum absolute atomic E-state index is 0.0136. The molecule has 0 aliphatic rings. The fraction of sp³-hybridized carbons (Fsp3) is 0.700. The second kappa shape index (κ2) is 4.46. The first-order chi connectivity index (χ1) is 6.51. The number of rotatable bonds is 4. The standard InChI is InChI=1S/C10H19N3O/c1-5-11-6-8-7-14-9(12-8)13-10(2,3)4/h7,11H,5-6H2,1-4H3,(H,12,13). The van der Waals surface area contributed by atoms with Crippen molar-refractivity contribution in [2.45, 2.75) is 39.8 Å². The fourth-order valence-electron chi connectivity index (χ4n) is 1.02. The summed E-state index contributed by atoms with van der Waals surface area (Å²) in [5, 5.41) is 6.36. The van der Waals surface area contributed by atoms with Crippen molar-refractivity contribution in [3.05, 3.63) is 12.0 Å². The minimum Gasteiger partial charge on any atom is -0.432 e. The van der Waals surface area contributed by atoms with Gasteiger partial charge in [-0.15, -0.1) is 0 Å². The van der Waals surface area contributed by atoms with Gasteiger partial charge in [0.05, 0.1) is 5.69 Å². The molecule has 80 valence electrons. The summed E-state index contributed by atoms with van der Waals surface area (Å²) in [6.45, 7) is 9.97. The van der Waals surface area contributed by atoms with Gasteiger partial charge in [-0.25, -0.2) is 0 Å². The van der Waals surface area contributed by atoms with E-state index in [9.17, 15) is 0 Å². The smallest absolute Gasteiger partial charge is 0.295 e. The first-order valence-corrected chi connectivity index (χ1v) is 4.94. The molecule has 0 aliphatic heterocycles. The molecule has 4 heteroatoms. The van der Waals surface area contributed by atoms with E-state index in [1.54, 1.807) is 6.26 Å². The lowest BCUT2D eigenvalue weighted by molar-refractivity contribution is 0.529. The molecule has 0 atom stereocenters. The zero-order valence-electron chi connectivity index (χ0n) is 9.35. The Labute approximate surface area is 85.1 Å². The average Bonchev–Trinajstić information content (AvgIpc) is 2.46. The maximum atomic E-state index is 5.28. The van der Waals surface area contributed by atoms with E-state index in [-0.39, 0.29) is 5.54 Å². The van der Waals surface area contributed by atoms with Crippen molar-refractivity contribution >= 4 is 6.01 Å². The van der Waals surface area contributed by atoms with Gasteiger partial charge in [0.2, 0.25) is 0 Å². The fourth-order valence-corrected chi connectivity index (χ4v) is 1.02. The molecule has 1 aromatic rings. The van der Waals surface area contributed by atoms with Gasteiger partial charge in [-0.2, -0.15) is 4.98 Å². The van der Waals surface area contributed by atoms with Crippen molar-refractivity contribution in [1.82, 2.24) is 10.3 Å². The lowest BCUT2D eigenvalue weighted by Gasteiger charge is -2.18. The topological polar surface area (TPSA) is 50.1 Å². The number of anilines is 1. The number of aromatic nitrogens is 1. The van der Waals surface area contributed by atoms with Gasteiger partial charge in [0.15, 0.2) is 0 Å². The molecule has 0 radical (unpaired) electrons. The summed E-state index contributed by atoms with van der Waals surface area (Å²) in [5.41, 5.74) is 0.916. The quantitative estimate of drug-likeness (QED) is 0.775. The van der Waals surface area contributed by atoms with Crippen LogP contribution in [0.3, 0.4) is 0 Å². The molecule has 0 fully saturated rings. The van der Waals surface area contributed by atoms with Crippen molar-refractivity contribution in [1.29, 1.82) is 0 Å². The summed E-state index contributed by atoms with van der Waals surface area (Å²) < 4.78 is 5.28. The number of hydrogen-bond donors (Lipinski definition) is 2. The van der Waals surface area contributed by atoms with E-state index in [0.717, 1.165) is 18.8 Å². The highest BCUT2D eigenvalue weighted by Gasteiger charge is 2.12. The highest BCUT2D eigenvalue weighted by Crippen LogP contribution is 2.13. The van der Waals surface area contributed by atoms with E-state index >= 15 is 0 Å². The molecule has 0 aromatic carbocycles. The molecule has 1 heterocycles. The van der Waals surface area contributed by atoms with Crippen LogP contribution >= 0.6 is 0 Å². The van der Waals surface area contributed by atoms with Crippen molar-refractivity contribution < 1.29 is 4.42 Å². The molecule has 0 unspecified atom stereocenters. The average molecular weight is 197 g/mol. The number of nitrogens with one attached hydrogen (secondary N) is 2. The first-order valence-electron chi connectivity index (χ1n) is 4.94. The van der Waals surface area contributed by atoms with Gasteiger partial charge in [-0.1, -0.05) is 6.92 Å². The molecule has 0 spiro atoms. The second-order valence-electron chi connectivity index (χ2n) is 4.30. The van der Waals surface area contributed by atoms with Crippen LogP contribution in [0.2, 0.25) is 0 Å². The summed E-state index contributed by atoms with van der Waals surface area (Å²) in [6, 6.07) is 0.588. The predicted octanol–water partition coefficient (Wildman–Crippen LogP) is 1.99. The molecular formula is C10H19N3O. The molecule has 0 bridgehead atoms. The molecule has 14 heavy (non-hydrogen) atoms. The van der Waals surface area contributed by atoms with E-state index in [1.807, 2.05) is 0 Å². The van der Waals surface area contributed by atoms with Crippen molar-refractivity contribution in [3.63, 3.8) is 0 Å². The van der Waals surface area contributed by atoms with Gasteiger partial charge in [-0.05, 0) is 27.3 Å². The Morgan fingerprint density at radius 1 is 1.43 bits per heavy atom. The van der Waals surface area contributed by atoms with Gasteiger partial charge in [0.1, 0.15) is 6.26 Å². The Balaban J connectivity index is 2.51. The van der Waals surface area contributed by atoms with Crippen LogP contribution in [0.15, 0.2) is 10.7 Å². The Bertz CT molecular complexity index is 275. The van der Waals surface area contributed by atoms with E-state index in [4.69, 9.17) is 4.42 Å². The van der Waals surface area contributed by atoms with Crippen molar-refractivity contribution in [2.24, 2.45) is 0 Å². The highest BCUT2D eigenvalue weighted by molar-refractivity contribution is 5.24. The second-order valence-corrected chi connectivity index (χ2v) is 4.30. The molecule has 0 saturated heterocycles. The Morgan fingerprint density at radius 2 is 2.14 bits per heavy atom. The van der Waals surface area contributed by atoms with Crippen LogP contribution in [-0.4, -0.2) is 17.1 Å². The molecule has 2 N–H and O–H groups in total. The molecule has 4 nitrogen and oxygen atoms in total. The molecule has 0 aliphatic carbocycles. The molecule has 0 saturated carbocycles. The van der Waals surface area contributed by atoms with E-state index in [2.05, 4.69) is 43.3 Å². The molecule has 0 amide bonds. The zero-order valence-corrected chi connectivity index (χ0v) is 9.35. The zero-order chi connectivity index (χ0) is 10.6. The highest BCUT2D eigenvalue weighted by atomic mass is 16.4. The van der Waals surface area contributed by atoms with E-state index in [0.29, 0.717) is 6.01 Å². The summed E-state index contributed by atoms with van der Waals surface area (Å²) in [5.74, 6) is 0. The van der Waals surface area contributed by atoms with Gasteiger partial charge >= 0.3 is 0 Å². The minimum atomic E-state index is -0.0136. The number of hydrogen-bond acceptors (Lipinski definition) is 4. The molecule has 1 rings (SSSR count). The van der Waals surface area contributed by atoms with Crippen LogP contribution in [0.25, 0.3) is 0 Å². The van der Waals surface area contributed by atoms with Crippen LogP contribution in [0.5, 0.6) is 0 Å². The Kier molecular flexibility index (Phi) is 3.52. The summed E-state index contributed by atoms with van der Waals surface area (Å²) >= 11 is 0. The van der Waals surface area contributed by atoms with Gasteiger partial charge < -0.3 is 15.1 Å². The van der Waals surface area contributed by atoms with Crippen LogP contribution in [-0.2, 0) is 6.54 Å². The van der Waals surface area contributed by atoms with Crippen LogP contribution < -0.4 is 10.6 Å². The Morgan fingerprint density at radius 3 is 2.71 bits per heavy atom. The van der Waals surface area contributed by atoms with E-state index < -0.39 is 0 Å². The van der Waals surface area contributed by atoms with Crippen LogP contribution in [0.1, 0.15) is 33.4 Å². The number of oxazole rings is 1. The monoisotopic (exact) mass is 197 g/mol. The first kappa shape index (κ1) is 11.0. The van der Waals surface area contributed by atoms with Crippen LogP contribution in [0, 0.1) is 0 Å². The predicted molar refractivity (Wildman–Crippen MR) is 57.3 cm³/mol. The van der Waals surface area contributed by atoms with Gasteiger partial charge in [0, 0.05) is 12.1 Å². The lowest BCUT2D eigenvalue weighted by Crippen LogP contribution is -2.26. The Hall–Kier alpha value is -1.03. The molecular weight excluding hydrogens is 178 g/mol. The van der Waals surface area contributed by atoms with Gasteiger partial charge in [-0.3, -0.25) is 0 Å². The molecule has 1 aromatic heterocycles. The van der Waals surface area contributed by atoms with Crippen molar-refractivity contribution in [3.8, 4) is 0 Å². The van der Waals surface area contributed by atoms with Crippen LogP contribution in [0.4, 0.5) is 6.01 Å². The largest absolute Gasteiger partial charge is 0.432 e. The number of nitrogens with zero attached hydrogens (tertiary/aromatic N) is 1. The normalized spacial score (nSPS) is 11.7. The van der Waals surface area contributed by atoms with E-state index in [1.165, 1.54) is 0 Å². The SMILES string of the molecule is CCNCc1coc(NC(C)(C)C)n1. The maximum absolute atomic E-state index is 5.28. The summed E-state index contributed by atoms with van der Waals surface area (Å²) in [7, 11) is 0.